The van der Waals surface area contributed by atoms with E-state index in [4.69, 9.17) is 0 Å². The molecule has 3 saturated carbocycles. The first-order valence-corrected chi connectivity index (χ1v) is 10.1. The van der Waals surface area contributed by atoms with Crippen LogP contribution in [0.2, 0.25) is 0 Å². The molecule has 27 heavy (non-hydrogen) atoms. The molecule has 5 unspecified atom stereocenters. The summed E-state index contributed by atoms with van der Waals surface area (Å²) < 4.78 is 0. The lowest BCUT2D eigenvalue weighted by Gasteiger charge is -2.60. The van der Waals surface area contributed by atoms with Crippen LogP contribution in [0.5, 0.6) is 0 Å². The highest BCUT2D eigenvalue weighted by Crippen LogP contribution is 2.67. The first kappa shape index (κ1) is 19.0. The molecule has 0 radical (unpaired) electrons. The second kappa shape index (κ2) is 5.85. The van der Waals surface area contributed by atoms with E-state index in [1.807, 2.05) is 13.0 Å². The minimum absolute atomic E-state index is 0.00620. The maximum Gasteiger partial charge on any atom is 0.190 e. The molecule has 0 aliphatic heterocycles. The third-order valence-electron chi connectivity index (χ3n) is 8.57. The molecule has 4 rings (SSSR count). The van der Waals surface area contributed by atoms with Gasteiger partial charge in [0.1, 0.15) is 12.2 Å². The molecule has 0 spiro atoms. The summed E-state index contributed by atoms with van der Waals surface area (Å²) in [6.07, 6.45) is 6.87. The van der Waals surface area contributed by atoms with Gasteiger partial charge in [0.25, 0.3) is 0 Å². The number of carbonyl (C=O) groups excluding carboxylic acids is 2. The van der Waals surface area contributed by atoms with Crippen molar-refractivity contribution in [1.29, 1.82) is 0 Å². The van der Waals surface area contributed by atoms with Crippen LogP contribution in [-0.2, 0) is 9.59 Å². The van der Waals surface area contributed by atoms with Gasteiger partial charge in [-0.15, -0.1) is 0 Å². The minimum Gasteiger partial charge on any atom is -0.393 e. The van der Waals surface area contributed by atoms with Gasteiger partial charge in [0.15, 0.2) is 11.6 Å². The monoisotopic (exact) mass is 374 g/mol. The molecule has 0 bridgehead atoms. The molecule has 5 nitrogen and oxygen atoms in total. The highest BCUT2D eigenvalue weighted by molar-refractivity contribution is 6.01. The van der Waals surface area contributed by atoms with Crippen LogP contribution in [0.4, 0.5) is 0 Å². The Morgan fingerprint density at radius 3 is 2.70 bits per heavy atom. The molecule has 0 aromatic rings. The molecule has 3 fully saturated rings. The van der Waals surface area contributed by atoms with E-state index in [1.54, 1.807) is 12.2 Å². The zero-order chi connectivity index (χ0) is 19.8. The molecule has 4 aliphatic carbocycles. The van der Waals surface area contributed by atoms with Gasteiger partial charge in [-0.25, -0.2) is 0 Å². The predicted molar refractivity (Wildman–Crippen MR) is 99.6 cm³/mol. The number of fused-ring (bicyclic) bond motifs is 5. The molecule has 0 aromatic carbocycles. The molecule has 0 heterocycles. The first-order valence-electron chi connectivity index (χ1n) is 10.1. The lowest BCUT2D eigenvalue weighted by atomic mass is 9.45. The van der Waals surface area contributed by atoms with Crippen LogP contribution in [0, 0.1) is 34.5 Å². The van der Waals surface area contributed by atoms with Gasteiger partial charge in [-0.05, 0) is 55.6 Å². The molecular weight excluding hydrogens is 344 g/mol. The van der Waals surface area contributed by atoms with Crippen molar-refractivity contribution in [3.05, 3.63) is 23.8 Å². The van der Waals surface area contributed by atoms with Gasteiger partial charge in [-0.2, -0.15) is 0 Å². The molecule has 8 atom stereocenters. The summed E-state index contributed by atoms with van der Waals surface area (Å²) in [5.74, 6) is -0.0768. The standard InChI is InChI=1S/C22H30O5/c1-12-8-14-15-5-7-22(27,18(26)11-23)21(15,3)10-17(25)19(14)20(2)6-4-13(24)9-16(12)20/h4,6,9,12,14-15,17,19,23,25,27H,5,7-8,10-11H2,1-3H3/t12?,14?,15?,17?,19?,20-,21-,22-/m0/s1. The zero-order valence-electron chi connectivity index (χ0n) is 16.3. The van der Waals surface area contributed by atoms with Gasteiger partial charge in [-0.1, -0.05) is 32.4 Å². The van der Waals surface area contributed by atoms with Crippen molar-refractivity contribution in [3.8, 4) is 0 Å². The maximum absolute atomic E-state index is 12.4. The Hall–Kier alpha value is -1.30. The second-order valence-electron chi connectivity index (χ2n) is 9.72. The number of ketones is 2. The van der Waals surface area contributed by atoms with Crippen molar-refractivity contribution < 1.29 is 24.9 Å². The third-order valence-corrected chi connectivity index (χ3v) is 8.57. The van der Waals surface area contributed by atoms with E-state index in [-0.39, 0.29) is 34.9 Å². The second-order valence-corrected chi connectivity index (χ2v) is 9.72. The zero-order valence-corrected chi connectivity index (χ0v) is 16.3. The van der Waals surface area contributed by atoms with E-state index in [9.17, 15) is 24.9 Å². The Kier molecular flexibility index (Phi) is 4.12. The summed E-state index contributed by atoms with van der Waals surface area (Å²) in [4.78, 5) is 24.4. The maximum atomic E-state index is 12.4. The molecule has 5 heteroatoms. The molecular formula is C22H30O5. The number of allylic oxidation sites excluding steroid dienone is 4. The summed E-state index contributed by atoms with van der Waals surface area (Å²) >= 11 is 0. The van der Waals surface area contributed by atoms with E-state index in [2.05, 4.69) is 13.8 Å². The summed E-state index contributed by atoms with van der Waals surface area (Å²) in [5, 5.41) is 31.9. The highest BCUT2D eigenvalue weighted by atomic mass is 16.3. The predicted octanol–water partition coefficient (Wildman–Crippen LogP) is 1.80. The quantitative estimate of drug-likeness (QED) is 0.685. The Morgan fingerprint density at radius 2 is 2.04 bits per heavy atom. The third kappa shape index (κ3) is 2.28. The van der Waals surface area contributed by atoms with E-state index in [0.29, 0.717) is 12.8 Å². The van der Waals surface area contributed by atoms with E-state index >= 15 is 0 Å². The fourth-order valence-corrected chi connectivity index (χ4v) is 7.34. The molecule has 0 aromatic heterocycles. The Bertz CT molecular complexity index is 754. The van der Waals surface area contributed by atoms with Gasteiger partial charge in [-0.3, -0.25) is 9.59 Å². The van der Waals surface area contributed by atoms with E-state index < -0.39 is 29.5 Å². The van der Waals surface area contributed by atoms with Gasteiger partial charge in [0, 0.05) is 16.7 Å². The SMILES string of the molecule is CC1CC2C(C(O)C[C@@]3(C)C2CC[C@]3(O)C(=O)CO)[C@@]2(C)C=CC(=O)C=C12. The lowest BCUT2D eigenvalue weighted by molar-refractivity contribution is -0.180. The highest BCUT2D eigenvalue weighted by Gasteiger charge is 2.68. The number of aliphatic hydroxyl groups is 3. The van der Waals surface area contributed by atoms with Crippen LogP contribution in [-0.4, -0.2) is 45.2 Å². The average molecular weight is 374 g/mol. The molecule has 3 N–H and O–H groups in total. The van der Waals surface area contributed by atoms with Gasteiger partial charge in [0.2, 0.25) is 0 Å². The van der Waals surface area contributed by atoms with E-state index in [1.165, 1.54) is 0 Å². The molecule has 4 aliphatic rings. The van der Waals surface area contributed by atoms with Crippen LogP contribution < -0.4 is 0 Å². The van der Waals surface area contributed by atoms with Crippen molar-refractivity contribution in [1.82, 2.24) is 0 Å². The first-order chi connectivity index (χ1) is 12.6. The number of carbonyl (C=O) groups is 2. The Morgan fingerprint density at radius 1 is 1.33 bits per heavy atom. The summed E-state index contributed by atoms with van der Waals surface area (Å²) in [6, 6.07) is 0. The van der Waals surface area contributed by atoms with Crippen molar-refractivity contribution in [3.63, 3.8) is 0 Å². The van der Waals surface area contributed by atoms with Gasteiger partial charge in [0.05, 0.1) is 6.10 Å². The van der Waals surface area contributed by atoms with Crippen LogP contribution in [0.15, 0.2) is 23.8 Å². The van der Waals surface area contributed by atoms with Crippen LogP contribution in [0.3, 0.4) is 0 Å². The smallest absolute Gasteiger partial charge is 0.190 e. The molecule has 148 valence electrons. The minimum atomic E-state index is -1.57. The fourth-order valence-electron chi connectivity index (χ4n) is 7.34. The summed E-state index contributed by atoms with van der Waals surface area (Å²) in [6.45, 7) is 5.48. The average Bonchev–Trinajstić information content (AvgIpc) is 2.87. The number of hydrogen-bond donors (Lipinski definition) is 3. The topological polar surface area (TPSA) is 94.8 Å². The summed E-state index contributed by atoms with van der Waals surface area (Å²) in [5.41, 5.74) is -1.59. The summed E-state index contributed by atoms with van der Waals surface area (Å²) in [7, 11) is 0. The van der Waals surface area contributed by atoms with Crippen LogP contribution in [0.1, 0.15) is 46.5 Å². The molecule has 0 amide bonds. The fraction of sp³-hybridized carbons (Fsp3) is 0.727. The number of hydrogen-bond acceptors (Lipinski definition) is 5. The molecule has 0 saturated heterocycles. The Balaban J connectivity index is 1.78. The van der Waals surface area contributed by atoms with E-state index in [0.717, 1.165) is 18.4 Å². The number of aliphatic hydroxyl groups excluding tert-OH is 2. The van der Waals surface area contributed by atoms with Crippen molar-refractivity contribution >= 4 is 11.6 Å². The van der Waals surface area contributed by atoms with Crippen molar-refractivity contribution in [2.24, 2.45) is 34.5 Å². The van der Waals surface area contributed by atoms with Gasteiger partial charge >= 0.3 is 0 Å². The van der Waals surface area contributed by atoms with Crippen molar-refractivity contribution in [2.75, 3.05) is 6.61 Å². The number of Topliss-reactive ketones (excluding diaryl/α,β-unsaturated/α-hetero) is 1. The van der Waals surface area contributed by atoms with Gasteiger partial charge < -0.3 is 15.3 Å². The van der Waals surface area contributed by atoms with Crippen molar-refractivity contribution in [2.45, 2.75) is 58.2 Å². The van der Waals surface area contributed by atoms with Crippen LogP contribution in [0.25, 0.3) is 0 Å². The Labute approximate surface area is 160 Å². The lowest BCUT2D eigenvalue weighted by Crippen LogP contribution is -2.62. The largest absolute Gasteiger partial charge is 0.393 e. The van der Waals surface area contributed by atoms with Crippen LogP contribution >= 0.6 is 0 Å². The normalized spacial score (nSPS) is 51.3. The number of rotatable bonds is 2.